The normalized spacial score (nSPS) is 18.4. The van der Waals surface area contributed by atoms with Gasteiger partial charge in [-0.25, -0.2) is 4.98 Å². The number of benzene rings is 1. The Morgan fingerprint density at radius 1 is 1.33 bits per heavy atom. The van der Waals surface area contributed by atoms with Crippen molar-refractivity contribution in [3.05, 3.63) is 58.9 Å². The van der Waals surface area contributed by atoms with Crippen molar-refractivity contribution in [3.63, 3.8) is 0 Å². The fourth-order valence-electron chi connectivity index (χ4n) is 3.13. The lowest BCUT2D eigenvalue weighted by Crippen LogP contribution is -2.48. The van der Waals surface area contributed by atoms with Crippen LogP contribution in [0.1, 0.15) is 24.3 Å². The summed E-state index contributed by atoms with van der Waals surface area (Å²) in [6.45, 7) is 2.78. The monoisotopic (exact) mass is 390 g/mol. The van der Waals surface area contributed by atoms with E-state index in [0.717, 1.165) is 23.4 Å². The lowest BCUT2D eigenvalue weighted by Gasteiger charge is -2.36. The second kappa shape index (κ2) is 9.17. The molecule has 2 heterocycles. The van der Waals surface area contributed by atoms with Gasteiger partial charge in [-0.3, -0.25) is 4.79 Å². The Morgan fingerprint density at radius 3 is 2.81 bits per heavy atom. The van der Waals surface area contributed by atoms with Crippen LogP contribution in [0.4, 0.5) is 0 Å². The third kappa shape index (κ3) is 5.19. The number of aliphatic hydroxyl groups excluding tert-OH is 1. The van der Waals surface area contributed by atoms with E-state index in [0.29, 0.717) is 11.7 Å². The summed E-state index contributed by atoms with van der Waals surface area (Å²) in [4.78, 5) is 18.5. The van der Waals surface area contributed by atoms with Crippen molar-refractivity contribution in [2.24, 2.45) is 0 Å². The smallest absolute Gasteiger partial charge is 0.248 e. The molecule has 3 rings (SSSR count). The van der Waals surface area contributed by atoms with Gasteiger partial charge in [0.1, 0.15) is 30.2 Å². The zero-order chi connectivity index (χ0) is 19.2. The van der Waals surface area contributed by atoms with Crippen LogP contribution in [0.2, 0.25) is 5.15 Å². The van der Waals surface area contributed by atoms with E-state index in [1.54, 1.807) is 6.07 Å². The molecule has 1 N–H and O–H groups in total. The Morgan fingerprint density at radius 2 is 2.11 bits per heavy atom. The highest BCUT2D eigenvalue weighted by atomic mass is 35.5. The minimum absolute atomic E-state index is 0.0133. The van der Waals surface area contributed by atoms with Crippen LogP contribution in [-0.4, -0.2) is 53.3 Å². The number of carbonyl (C=O) groups is 1. The summed E-state index contributed by atoms with van der Waals surface area (Å²) in [5, 5.41) is 9.22. The molecule has 0 bridgehead atoms. The van der Waals surface area contributed by atoms with Crippen LogP contribution in [0.15, 0.2) is 42.5 Å². The van der Waals surface area contributed by atoms with E-state index < -0.39 is 0 Å². The third-order valence-electron chi connectivity index (χ3n) is 4.50. The van der Waals surface area contributed by atoms with Gasteiger partial charge in [0.2, 0.25) is 5.91 Å². The molecule has 0 radical (unpaired) electrons. The maximum Gasteiger partial charge on any atom is 0.248 e. The minimum Gasteiger partial charge on any atom is -0.491 e. The van der Waals surface area contributed by atoms with Gasteiger partial charge in [0.15, 0.2) is 0 Å². The second-order valence-corrected chi connectivity index (χ2v) is 6.89. The zero-order valence-electron chi connectivity index (χ0n) is 15.2. The molecular weight excluding hydrogens is 368 g/mol. The number of aliphatic hydroxyl groups is 1. The number of carbonyl (C=O) groups excluding carboxylic acids is 1. The molecule has 0 spiro atoms. The van der Waals surface area contributed by atoms with Gasteiger partial charge < -0.3 is 19.5 Å². The number of halogens is 1. The van der Waals surface area contributed by atoms with Gasteiger partial charge in [-0.15, -0.1) is 0 Å². The first-order valence-corrected chi connectivity index (χ1v) is 9.30. The van der Waals surface area contributed by atoms with Gasteiger partial charge in [-0.05, 0) is 43.2 Å². The van der Waals surface area contributed by atoms with Crippen LogP contribution in [0.3, 0.4) is 0 Å². The molecule has 0 saturated carbocycles. The fraction of sp³-hybridized carbons (Fsp3) is 0.400. The van der Waals surface area contributed by atoms with Crippen molar-refractivity contribution in [3.8, 4) is 5.75 Å². The predicted octanol–water partition coefficient (Wildman–Crippen LogP) is 2.64. The standard InChI is InChI=1S/C20H23ClN2O4/c1-14(11-15-5-7-16(8-6-15)26-10-9-24)23-12-18(27-13-20(23)25)17-3-2-4-19(21)22-17/h2-8,14,18,24H,9-13H2,1H3. The van der Waals surface area contributed by atoms with Crippen LogP contribution in [0.25, 0.3) is 0 Å². The quantitative estimate of drug-likeness (QED) is 0.736. The molecule has 7 heteroatoms. The molecule has 2 aromatic rings. The summed E-state index contributed by atoms with van der Waals surface area (Å²) >= 11 is 5.97. The summed E-state index contributed by atoms with van der Waals surface area (Å²) in [6, 6.07) is 13.1. The topological polar surface area (TPSA) is 71.9 Å². The van der Waals surface area contributed by atoms with Crippen LogP contribution in [0, 0.1) is 0 Å². The Hall–Kier alpha value is -2.15. The number of hydrogen-bond acceptors (Lipinski definition) is 5. The number of pyridine rings is 1. The highest BCUT2D eigenvalue weighted by Crippen LogP contribution is 2.25. The molecule has 2 atom stereocenters. The maximum atomic E-state index is 12.4. The largest absolute Gasteiger partial charge is 0.491 e. The minimum atomic E-state index is -0.280. The highest BCUT2D eigenvalue weighted by molar-refractivity contribution is 6.29. The van der Waals surface area contributed by atoms with Crippen molar-refractivity contribution in [1.29, 1.82) is 0 Å². The average Bonchev–Trinajstić information content (AvgIpc) is 2.67. The molecule has 6 nitrogen and oxygen atoms in total. The third-order valence-corrected chi connectivity index (χ3v) is 4.71. The van der Waals surface area contributed by atoms with Crippen LogP contribution in [-0.2, 0) is 16.0 Å². The fourth-order valence-corrected chi connectivity index (χ4v) is 3.30. The van der Waals surface area contributed by atoms with E-state index in [4.69, 9.17) is 26.2 Å². The molecule has 1 aliphatic heterocycles. The Bertz CT molecular complexity index is 769. The summed E-state index contributed by atoms with van der Waals surface area (Å²) < 4.78 is 11.0. The van der Waals surface area contributed by atoms with E-state index in [9.17, 15) is 4.79 Å². The Balaban J connectivity index is 1.64. The van der Waals surface area contributed by atoms with Gasteiger partial charge in [-0.1, -0.05) is 29.8 Å². The highest BCUT2D eigenvalue weighted by Gasteiger charge is 2.31. The lowest BCUT2D eigenvalue weighted by atomic mass is 10.0. The van der Waals surface area contributed by atoms with Gasteiger partial charge in [0.25, 0.3) is 0 Å². The van der Waals surface area contributed by atoms with E-state index >= 15 is 0 Å². The summed E-state index contributed by atoms with van der Waals surface area (Å²) in [5.41, 5.74) is 1.84. The Kier molecular flexibility index (Phi) is 6.66. The summed E-state index contributed by atoms with van der Waals surface area (Å²) in [7, 11) is 0. The molecule has 144 valence electrons. The number of rotatable bonds is 7. The van der Waals surface area contributed by atoms with Crippen molar-refractivity contribution >= 4 is 17.5 Å². The molecule has 1 fully saturated rings. The molecule has 1 aliphatic rings. The van der Waals surface area contributed by atoms with Crippen LogP contribution < -0.4 is 4.74 Å². The van der Waals surface area contributed by atoms with Gasteiger partial charge in [-0.2, -0.15) is 0 Å². The number of morpholine rings is 1. The molecule has 27 heavy (non-hydrogen) atoms. The molecule has 1 amide bonds. The first-order valence-electron chi connectivity index (χ1n) is 8.93. The van der Waals surface area contributed by atoms with Crippen molar-refractivity contribution < 1.29 is 19.4 Å². The van der Waals surface area contributed by atoms with E-state index in [1.165, 1.54) is 0 Å². The predicted molar refractivity (Wildman–Crippen MR) is 102 cm³/mol. The van der Waals surface area contributed by atoms with E-state index in [-0.39, 0.29) is 37.9 Å². The van der Waals surface area contributed by atoms with E-state index in [2.05, 4.69) is 4.98 Å². The maximum absolute atomic E-state index is 12.4. The molecule has 2 unspecified atom stereocenters. The van der Waals surface area contributed by atoms with Gasteiger partial charge >= 0.3 is 0 Å². The van der Waals surface area contributed by atoms with Crippen LogP contribution >= 0.6 is 11.6 Å². The number of amides is 1. The van der Waals surface area contributed by atoms with Crippen LogP contribution in [0.5, 0.6) is 5.75 Å². The first kappa shape index (κ1) is 19.6. The van der Waals surface area contributed by atoms with Crippen molar-refractivity contribution in [2.75, 3.05) is 26.4 Å². The number of ether oxygens (including phenoxy) is 2. The zero-order valence-corrected chi connectivity index (χ0v) is 15.9. The molecule has 1 saturated heterocycles. The van der Waals surface area contributed by atoms with Crippen molar-refractivity contribution in [2.45, 2.75) is 25.5 Å². The molecule has 1 aromatic heterocycles. The average molecular weight is 391 g/mol. The SMILES string of the molecule is CC(Cc1ccc(OCCO)cc1)N1CC(c2cccc(Cl)n2)OCC1=O. The molecular formula is C20H23ClN2O4. The number of hydrogen-bond donors (Lipinski definition) is 1. The number of nitrogens with zero attached hydrogens (tertiary/aromatic N) is 2. The van der Waals surface area contributed by atoms with Crippen molar-refractivity contribution in [1.82, 2.24) is 9.88 Å². The summed E-state index contributed by atoms with van der Waals surface area (Å²) in [5.74, 6) is 0.693. The first-order chi connectivity index (χ1) is 13.1. The van der Waals surface area contributed by atoms with Gasteiger partial charge in [0, 0.05) is 6.04 Å². The Labute approximate surface area is 163 Å². The lowest BCUT2D eigenvalue weighted by molar-refractivity contribution is -0.152. The molecule has 0 aliphatic carbocycles. The van der Waals surface area contributed by atoms with Gasteiger partial charge in [0.05, 0.1) is 18.8 Å². The molecule has 1 aromatic carbocycles. The summed E-state index contributed by atoms with van der Waals surface area (Å²) in [6.07, 6.45) is 0.444. The second-order valence-electron chi connectivity index (χ2n) is 6.50. The van der Waals surface area contributed by atoms with E-state index in [1.807, 2.05) is 48.2 Å². The number of aromatic nitrogens is 1.